The predicted octanol–water partition coefficient (Wildman–Crippen LogP) is 2.05. The quantitative estimate of drug-likeness (QED) is 0.477. The molecule has 0 saturated carbocycles. The van der Waals surface area contributed by atoms with Crippen LogP contribution in [0.3, 0.4) is 0 Å². The molecule has 0 aliphatic rings. The first-order valence-corrected chi connectivity index (χ1v) is 9.82. The number of nitrogens with zero attached hydrogens (tertiary/aromatic N) is 4. The van der Waals surface area contributed by atoms with Crippen LogP contribution in [-0.2, 0) is 0 Å². The maximum absolute atomic E-state index is 12.5. The van der Waals surface area contributed by atoms with Crippen molar-refractivity contribution >= 4 is 23.5 Å². The van der Waals surface area contributed by atoms with Crippen LogP contribution in [0.25, 0.3) is 11.3 Å². The molecule has 3 aromatic rings. The minimum Gasteiger partial charge on any atom is -0.382 e. The van der Waals surface area contributed by atoms with Crippen molar-refractivity contribution in [1.82, 2.24) is 25.2 Å². The molecule has 9 heteroatoms. The van der Waals surface area contributed by atoms with Crippen LogP contribution in [0.15, 0.2) is 54.9 Å². The highest BCUT2D eigenvalue weighted by Crippen LogP contribution is 2.20. The Morgan fingerprint density at radius 1 is 1.03 bits per heavy atom. The number of hydrogen-bond acceptors (Lipinski definition) is 7. The summed E-state index contributed by atoms with van der Waals surface area (Å²) in [4.78, 5) is 39.4. The van der Waals surface area contributed by atoms with Gasteiger partial charge < -0.3 is 21.3 Å². The first-order valence-electron chi connectivity index (χ1n) is 9.82. The zero-order valence-electron chi connectivity index (χ0n) is 17.5. The number of nitrogens with one attached hydrogen (secondary N) is 2. The van der Waals surface area contributed by atoms with Gasteiger partial charge in [0, 0.05) is 23.9 Å². The molecule has 2 amide bonds. The number of amides is 2. The van der Waals surface area contributed by atoms with E-state index in [1.165, 1.54) is 6.20 Å². The largest absolute Gasteiger partial charge is 0.382 e. The van der Waals surface area contributed by atoms with Crippen LogP contribution < -0.4 is 16.4 Å². The fourth-order valence-electron chi connectivity index (χ4n) is 2.81. The Morgan fingerprint density at radius 3 is 2.48 bits per heavy atom. The van der Waals surface area contributed by atoms with Gasteiger partial charge in [0.1, 0.15) is 5.82 Å². The minimum absolute atomic E-state index is 0.00543. The van der Waals surface area contributed by atoms with Crippen molar-refractivity contribution in [2.45, 2.75) is 6.42 Å². The van der Waals surface area contributed by atoms with Crippen LogP contribution in [0.2, 0.25) is 0 Å². The lowest BCUT2D eigenvalue weighted by atomic mass is 10.1. The highest BCUT2D eigenvalue weighted by molar-refractivity contribution is 6.05. The summed E-state index contributed by atoms with van der Waals surface area (Å²) in [6.45, 7) is 1.52. The molecule has 0 unspecified atom stereocenters. The van der Waals surface area contributed by atoms with E-state index in [9.17, 15) is 9.59 Å². The van der Waals surface area contributed by atoms with Crippen molar-refractivity contribution in [3.8, 4) is 11.3 Å². The van der Waals surface area contributed by atoms with E-state index in [1.807, 2.05) is 14.1 Å². The smallest absolute Gasteiger partial charge is 0.279 e. The molecular formula is C22H25N7O2. The molecule has 3 rings (SSSR count). The third kappa shape index (κ3) is 6.06. The van der Waals surface area contributed by atoms with Gasteiger partial charge >= 0.3 is 0 Å². The molecule has 2 aromatic heterocycles. The van der Waals surface area contributed by atoms with Crippen LogP contribution >= 0.6 is 0 Å². The van der Waals surface area contributed by atoms with Gasteiger partial charge in [-0.05, 0) is 51.3 Å². The van der Waals surface area contributed by atoms with Gasteiger partial charge in [0.25, 0.3) is 11.8 Å². The molecule has 160 valence electrons. The standard InChI is InChI=1S/C22H25N7O2/c1-29(2)13-5-12-25-21(30)16-9-7-15(8-10-16)17-14-26-20(23)19(27-17)22(31)28-18-6-3-4-11-24-18/h3-4,6-11,14H,5,12-13H2,1-2H3,(H2,23,26)(H,25,30)(H,24,28,31). The van der Waals surface area contributed by atoms with Crippen LogP contribution in [0.4, 0.5) is 11.6 Å². The molecule has 0 fully saturated rings. The van der Waals surface area contributed by atoms with E-state index in [0.29, 0.717) is 29.2 Å². The number of benzene rings is 1. The second-order valence-corrected chi connectivity index (χ2v) is 7.15. The molecule has 1 aromatic carbocycles. The number of nitrogens with two attached hydrogens (primary N) is 1. The Balaban J connectivity index is 1.69. The van der Waals surface area contributed by atoms with Gasteiger partial charge in [0.15, 0.2) is 11.5 Å². The maximum Gasteiger partial charge on any atom is 0.279 e. The second kappa shape index (κ2) is 10.3. The lowest BCUT2D eigenvalue weighted by Crippen LogP contribution is -2.27. The van der Waals surface area contributed by atoms with Gasteiger partial charge in [0.2, 0.25) is 0 Å². The lowest BCUT2D eigenvalue weighted by molar-refractivity contribution is 0.0951. The van der Waals surface area contributed by atoms with Gasteiger partial charge in [0.05, 0.1) is 11.9 Å². The summed E-state index contributed by atoms with van der Waals surface area (Å²) in [5, 5.41) is 5.54. The highest BCUT2D eigenvalue weighted by Gasteiger charge is 2.16. The zero-order chi connectivity index (χ0) is 22.2. The van der Waals surface area contributed by atoms with Crippen LogP contribution in [0, 0.1) is 0 Å². The summed E-state index contributed by atoms with van der Waals surface area (Å²) in [5.74, 6) is -0.227. The molecule has 0 aliphatic carbocycles. The molecule has 0 spiro atoms. The number of hydrogen-bond donors (Lipinski definition) is 3. The van der Waals surface area contributed by atoms with Crippen molar-refractivity contribution in [3.63, 3.8) is 0 Å². The number of carbonyl (C=O) groups excluding carboxylic acids is 2. The third-order valence-electron chi connectivity index (χ3n) is 4.43. The van der Waals surface area contributed by atoms with Gasteiger partial charge in [-0.2, -0.15) is 0 Å². The molecule has 31 heavy (non-hydrogen) atoms. The summed E-state index contributed by atoms with van der Waals surface area (Å²) in [6, 6.07) is 12.1. The van der Waals surface area contributed by atoms with Crippen molar-refractivity contribution in [3.05, 3.63) is 66.1 Å². The Bertz CT molecular complexity index is 1040. The molecular weight excluding hydrogens is 394 g/mol. The zero-order valence-corrected chi connectivity index (χ0v) is 17.5. The molecule has 0 radical (unpaired) electrons. The van der Waals surface area contributed by atoms with Crippen molar-refractivity contribution < 1.29 is 9.59 Å². The van der Waals surface area contributed by atoms with E-state index in [2.05, 4.69) is 30.5 Å². The van der Waals surface area contributed by atoms with Crippen molar-refractivity contribution in [2.24, 2.45) is 0 Å². The van der Waals surface area contributed by atoms with Gasteiger partial charge in [-0.15, -0.1) is 0 Å². The Hall–Kier alpha value is -3.85. The number of pyridine rings is 1. The molecule has 9 nitrogen and oxygen atoms in total. The van der Waals surface area contributed by atoms with E-state index in [-0.39, 0.29) is 17.4 Å². The van der Waals surface area contributed by atoms with Crippen LogP contribution in [-0.4, -0.2) is 58.9 Å². The molecule has 4 N–H and O–H groups in total. The Labute approximate surface area is 180 Å². The minimum atomic E-state index is -0.501. The van der Waals surface area contributed by atoms with E-state index in [0.717, 1.165) is 13.0 Å². The van der Waals surface area contributed by atoms with E-state index >= 15 is 0 Å². The van der Waals surface area contributed by atoms with E-state index in [4.69, 9.17) is 5.73 Å². The van der Waals surface area contributed by atoms with Crippen molar-refractivity contribution in [1.29, 1.82) is 0 Å². The fourth-order valence-corrected chi connectivity index (χ4v) is 2.81. The Kier molecular flexibility index (Phi) is 7.23. The first-order chi connectivity index (χ1) is 14.9. The van der Waals surface area contributed by atoms with E-state index < -0.39 is 5.91 Å². The molecule has 0 aliphatic heterocycles. The Morgan fingerprint density at radius 2 is 1.81 bits per heavy atom. The topological polar surface area (TPSA) is 126 Å². The van der Waals surface area contributed by atoms with Gasteiger partial charge in [-0.3, -0.25) is 9.59 Å². The van der Waals surface area contributed by atoms with Gasteiger partial charge in [-0.25, -0.2) is 15.0 Å². The summed E-state index contributed by atoms with van der Waals surface area (Å²) < 4.78 is 0. The van der Waals surface area contributed by atoms with Crippen LogP contribution in [0.1, 0.15) is 27.3 Å². The number of aromatic nitrogens is 3. The highest BCUT2D eigenvalue weighted by atomic mass is 16.2. The third-order valence-corrected chi connectivity index (χ3v) is 4.43. The molecule has 0 saturated heterocycles. The monoisotopic (exact) mass is 419 g/mol. The average molecular weight is 419 g/mol. The molecule has 0 bridgehead atoms. The summed E-state index contributed by atoms with van der Waals surface area (Å²) in [6.07, 6.45) is 3.94. The van der Waals surface area contributed by atoms with Crippen molar-refractivity contribution in [2.75, 3.05) is 38.2 Å². The maximum atomic E-state index is 12.5. The number of nitrogen functional groups attached to an aromatic ring is 1. The number of carbonyl (C=O) groups is 2. The SMILES string of the molecule is CN(C)CCCNC(=O)c1ccc(-c2cnc(N)c(C(=O)Nc3ccccn3)n2)cc1. The van der Waals surface area contributed by atoms with Crippen LogP contribution in [0.5, 0.6) is 0 Å². The van der Waals surface area contributed by atoms with E-state index in [1.54, 1.807) is 48.7 Å². The molecule has 2 heterocycles. The summed E-state index contributed by atoms with van der Waals surface area (Å²) >= 11 is 0. The molecule has 0 atom stereocenters. The predicted molar refractivity (Wildman–Crippen MR) is 120 cm³/mol. The normalized spacial score (nSPS) is 10.7. The lowest BCUT2D eigenvalue weighted by Gasteiger charge is -2.10. The summed E-state index contributed by atoms with van der Waals surface area (Å²) in [5.41, 5.74) is 7.59. The summed E-state index contributed by atoms with van der Waals surface area (Å²) in [7, 11) is 3.99. The second-order valence-electron chi connectivity index (χ2n) is 7.15. The fraction of sp³-hybridized carbons (Fsp3) is 0.227. The number of rotatable bonds is 8. The number of anilines is 2. The first kappa shape index (κ1) is 21.8. The average Bonchev–Trinajstić information content (AvgIpc) is 2.77. The van der Waals surface area contributed by atoms with Gasteiger partial charge in [-0.1, -0.05) is 18.2 Å².